The molecule has 0 aliphatic carbocycles. The van der Waals surface area contributed by atoms with Crippen LogP contribution in [-0.4, -0.2) is 0 Å². The van der Waals surface area contributed by atoms with Crippen LogP contribution in [0, 0.1) is 6.07 Å². The van der Waals surface area contributed by atoms with E-state index in [9.17, 15) is 0 Å². The Labute approximate surface area is 138 Å². The minimum atomic E-state index is 0. The minimum absolute atomic E-state index is 0. The Morgan fingerprint density at radius 2 is 2.00 bits per heavy atom. The second kappa shape index (κ2) is 18.6. The van der Waals surface area contributed by atoms with Crippen molar-refractivity contribution in [2.75, 3.05) is 5.73 Å². The van der Waals surface area contributed by atoms with Gasteiger partial charge in [-0.2, -0.15) is 30.8 Å². The van der Waals surface area contributed by atoms with Crippen molar-refractivity contribution in [1.82, 2.24) is 0 Å². The van der Waals surface area contributed by atoms with Gasteiger partial charge in [0, 0.05) is 32.7 Å². The van der Waals surface area contributed by atoms with Gasteiger partial charge in [0.25, 0.3) is 0 Å². The summed E-state index contributed by atoms with van der Waals surface area (Å²) < 4.78 is 0. The van der Waals surface area contributed by atoms with Gasteiger partial charge in [-0.05, 0) is 6.42 Å². The zero-order chi connectivity index (χ0) is 12.8. The number of hydrogen-bond acceptors (Lipinski definition) is 2. The van der Waals surface area contributed by atoms with Crippen LogP contribution in [0.2, 0.25) is 0 Å². The molecule has 0 aliphatic heterocycles. The summed E-state index contributed by atoms with van der Waals surface area (Å²) in [5.41, 5.74) is 6.09. The SMILES string of the molecule is C=CCCCC.CC.Nc1c[c-]c(S)cc1.[Y]. The molecule has 1 aromatic rings. The molecule has 3 heteroatoms. The molecular formula is C14H24NSY-. The molecule has 0 spiro atoms. The minimum Gasteiger partial charge on any atom is -0.449 e. The molecular weight excluding hydrogens is 303 g/mol. The van der Waals surface area contributed by atoms with E-state index in [1.165, 1.54) is 19.3 Å². The fourth-order valence-electron chi connectivity index (χ4n) is 0.777. The van der Waals surface area contributed by atoms with E-state index in [4.69, 9.17) is 5.73 Å². The maximum atomic E-state index is 5.36. The van der Waals surface area contributed by atoms with Crippen molar-refractivity contribution in [3.63, 3.8) is 0 Å². The molecule has 95 valence electrons. The first kappa shape index (κ1) is 22.4. The molecule has 1 nitrogen and oxygen atoms in total. The van der Waals surface area contributed by atoms with Crippen molar-refractivity contribution in [3.05, 3.63) is 36.9 Å². The number of hydrogen-bond donors (Lipinski definition) is 2. The third-order valence-electron chi connectivity index (χ3n) is 1.58. The number of benzene rings is 1. The predicted octanol–water partition coefficient (Wildman–Crippen LogP) is 4.74. The average molecular weight is 327 g/mol. The van der Waals surface area contributed by atoms with Gasteiger partial charge in [0.1, 0.15) is 0 Å². The molecule has 0 aromatic heterocycles. The van der Waals surface area contributed by atoms with Crippen LogP contribution in [0.15, 0.2) is 35.7 Å². The Balaban J connectivity index is -0.000000197. The van der Waals surface area contributed by atoms with Crippen LogP contribution in [0.1, 0.15) is 40.0 Å². The molecule has 0 fully saturated rings. The third-order valence-corrected chi connectivity index (χ3v) is 1.86. The molecule has 0 heterocycles. The Kier molecular flexibility index (Phi) is 24.5. The topological polar surface area (TPSA) is 26.0 Å². The van der Waals surface area contributed by atoms with E-state index in [2.05, 4.69) is 32.2 Å². The number of unbranched alkanes of at least 4 members (excludes halogenated alkanes) is 2. The molecule has 1 radical (unpaired) electrons. The molecule has 0 amide bonds. The van der Waals surface area contributed by atoms with E-state index in [1.54, 1.807) is 18.2 Å². The van der Waals surface area contributed by atoms with E-state index in [0.717, 1.165) is 10.6 Å². The number of rotatable bonds is 3. The summed E-state index contributed by atoms with van der Waals surface area (Å²) in [7, 11) is 0. The van der Waals surface area contributed by atoms with Gasteiger partial charge in [0.05, 0.1) is 0 Å². The maximum Gasteiger partial charge on any atom is 0 e. The smallest absolute Gasteiger partial charge is 0 e. The van der Waals surface area contributed by atoms with Gasteiger partial charge in [-0.3, -0.25) is 0 Å². The van der Waals surface area contributed by atoms with Crippen molar-refractivity contribution in [2.45, 2.75) is 44.9 Å². The normalized spacial score (nSPS) is 7.53. The maximum absolute atomic E-state index is 5.36. The van der Waals surface area contributed by atoms with Gasteiger partial charge in [-0.25, -0.2) is 0 Å². The van der Waals surface area contributed by atoms with E-state index in [0.29, 0.717) is 0 Å². The molecule has 1 aromatic carbocycles. The van der Waals surface area contributed by atoms with Crippen molar-refractivity contribution in [3.8, 4) is 0 Å². The number of thiol groups is 1. The summed E-state index contributed by atoms with van der Waals surface area (Å²) in [6.07, 6.45) is 5.72. The van der Waals surface area contributed by atoms with Gasteiger partial charge in [-0.15, -0.1) is 17.5 Å². The molecule has 1 rings (SSSR count). The van der Waals surface area contributed by atoms with Gasteiger partial charge in [0.15, 0.2) is 0 Å². The van der Waals surface area contributed by atoms with Crippen molar-refractivity contribution in [2.24, 2.45) is 0 Å². The number of nitrogen functional groups attached to an aromatic ring is 1. The molecule has 17 heavy (non-hydrogen) atoms. The van der Waals surface area contributed by atoms with Gasteiger partial charge < -0.3 is 5.73 Å². The van der Waals surface area contributed by atoms with Crippen molar-refractivity contribution in [1.29, 1.82) is 0 Å². The quantitative estimate of drug-likeness (QED) is 0.271. The van der Waals surface area contributed by atoms with Crippen LogP contribution in [0.5, 0.6) is 0 Å². The second-order valence-corrected chi connectivity index (χ2v) is 3.42. The summed E-state index contributed by atoms with van der Waals surface area (Å²) in [5.74, 6) is 0. The van der Waals surface area contributed by atoms with Gasteiger partial charge in [-0.1, -0.05) is 45.4 Å². The molecule has 0 aliphatic rings. The zero-order valence-electron chi connectivity index (χ0n) is 11.2. The van der Waals surface area contributed by atoms with Crippen LogP contribution < -0.4 is 5.73 Å². The Morgan fingerprint density at radius 1 is 1.41 bits per heavy atom. The van der Waals surface area contributed by atoms with Gasteiger partial charge >= 0.3 is 0 Å². The monoisotopic (exact) mass is 327 g/mol. The molecule has 2 N–H and O–H groups in total. The first-order valence-corrected chi connectivity index (χ1v) is 6.22. The molecule has 0 atom stereocenters. The van der Waals surface area contributed by atoms with Crippen molar-refractivity contribution >= 4 is 18.3 Å². The largest absolute Gasteiger partial charge is 0.449 e. The predicted molar refractivity (Wildman–Crippen MR) is 78.0 cm³/mol. The summed E-state index contributed by atoms with van der Waals surface area (Å²) in [6, 6.07) is 8.13. The van der Waals surface area contributed by atoms with E-state index >= 15 is 0 Å². The summed E-state index contributed by atoms with van der Waals surface area (Å²) in [5, 5.41) is 0. The fraction of sp³-hybridized carbons (Fsp3) is 0.429. The van der Waals surface area contributed by atoms with Crippen LogP contribution in [0.3, 0.4) is 0 Å². The van der Waals surface area contributed by atoms with Crippen molar-refractivity contribution < 1.29 is 32.7 Å². The first-order valence-electron chi connectivity index (χ1n) is 5.77. The zero-order valence-corrected chi connectivity index (χ0v) is 15.0. The summed E-state index contributed by atoms with van der Waals surface area (Å²) >= 11 is 4.02. The average Bonchev–Trinajstić information content (AvgIpc) is 2.34. The Morgan fingerprint density at radius 3 is 2.24 bits per heavy atom. The van der Waals surface area contributed by atoms with E-state index in [1.807, 2.05) is 19.9 Å². The standard InChI is InChI=1S/C6H6NS.C6H12.C2H6.Y/c7-5-1-3-6(8)4-2-5;1-3-5-6-4-2;1-2;/h1-3,8H,7H2;3H,1,4-6H2,2H3;1-2H3;/q-1;;;. The second-order valence-electron chi connectivity index (χ2n) is 2.94. The summed E-state index contributed by atoms with van der Waals surface area (Å²) in [6.45, 7) is 9.78. The van der Waals surface area contributed by atoms with Gasteiger partial charge in [0.2, 0.25) is 0 Å². The van der Waals surface area contributed by atoms with Crippen LogP contribution >= 0.6 is 12.6 Å². The summed E-state index contributed by atoms with van der Waals surface area (Å²) in [4.78, 5) is 0.819. The fourth-order valence-corrected chi connectivity index (χ4v) is 0.916. The van der Waals surface area contributed by atoms with Crippen LogP contribution in [-0.2, 0) is 32.7 Å². The molecule has 0 unspecified atom stereocenters. The van der Waals surface area contributed by atoms with E-state index in [-0.39, 0.29) is 32.7 Å². The van der Waals surface area contributed by atoms with Crippen LogP contribution in [0.4, 0.5) is 5.69 Å². The first-order chi connectivity index (χ1) is 7.70. The number of allylic oxidation sites excluding steroid dienone is 1. The Hall–Kier alpha value is 0.214. The number of anilines is 1. The van der Waals surface area contributed by atoms with E-state index < -0.39 is 0 Å². The van der Waals surface area contributed by atoms with Crippen LogP contribution in [0.25, 0.3) is 0 Å². The molecule has 0 bridgehead atoms. The third kappa shape index (κ3) is 18.8. The molecule has 0 saturated heterocycles. The number of nitrogens with two attached hydrogens (primary N) is 1. The Bertz CT molecular complexity index is 226. The molecule has 0 saturated carbocycles.